The van der Waals surface area contributed by atoms with Crippen molar-refractivity contribution in [3.8, 4) is 23.0 Å². The zero-order valence-corrected chi connectivity index (χ0v) is 11.8. The van der Waals surface area contributed by atoms with Crippen LogP contribution < -0.4 is 24.7 Å². The minimum absolute atomic E-state index is 0.261. The highest BCUT2D eigenvalue weighted by Gasteiger charge is 2.13. The van der Waals surface area contributed by atoms with Gasteiger partial charge in [-0.25, -0.2) is 0 Å². The van der Waals surface area contributed by atoms with Gasteiger partial charge in [-0.3, -0.25) is 0 Å². The maximum absolute atomic E-state index is 5.74. The zero-order chi connectivity index (χ0) is 14.7. The fourth-order valence-electron chi connectivity index (χ4n) is 2.05. The molecule has 0 aromatic heterocycles. The summed E-state index contributed by atoms with van der Waals surface area (Å²) in [6, 6.07) is 11.1. The van der Waals surface area contributed by atoms with Crippen molar-refractivity contribution in [2.45, 2.75) is 6.92 Å². The Morgan fingerprint density at radius 1 is 1.00 bits per heavy atom. The second kappa shape index (κ2) is 5.83. The van der Waals surface area contributed by atoms with E-state index in [9.17, 15) is 0 Å². The minimum Gasteiger partial charge on any atom is -0.490 e. The molecule has 0 fully saturated rings. The Balaban J connectivity index is 1.51. The Labute approximate surface area is 123 Å². The second-order valence-electron chi connectivity index (χ2n) is 4.74. The van der Waals surface area contributed by atoms with Crippen LogP contribution in [-0.4, -0.2) is 20.0 Å². The van der Waals surface area contributed by atoms with E-state index in [1.165, 1.54) is 0 Å². The van der Waals surface area contributed by atoms with E-state index < -0.39 is 0 Å². The van der Waals surface area contributed by atoms with Gasteiger partial charge in [0.2, 0.25) is 6.79 Å². The van der Waals surface area contributed by atoms with Crippen molar-refractivity contribution < 1.29 is 18.9 Å². The van der Waals surface area contributed by atoms with E-state index in [0.29, 0.717) is 24.7 Å². The van der Waals surface area contributed by atoms with Crippen molar-refractivity contribution >= 4 is 5.69 Å². The zero-order valence-electron chi connectivity index (χ0n) is 11.8. The van der Waals surface area contributed by atoms with Crippen LogP contribution in [0.15, 0.2) is 36.4 Å². The van der Waals surface area contributed by atoms with Crippen LogP contribution in [-0.2, 0) is 0 Å². The van der Waals surface area contributed by atoms with Crippen LogP contribution in [0.4, 0.5) is 5.69 Å². The first-order valence-electron chi connectivity index (χ1n) is 6.74. The predicted octanol–water partition coefficient (Wildman–Crippen LogP) is 2.76. The lowest BCUT2D eigenvalue weighted by molar-refractivity contribution is 0.173. The van der Waals surface area contributed by atoms with Gasteiger partial charge in [-0.2, -0.15) is 0 Å². The fraction of sp³-hybridized carbons (Fsp3) is 0.250. The summed E-state index contributed by atoms with van der Waals surface area (Å²) in [6.07, 6.45) is 0. The van der Waals surface area contributed by atoms with Gasteiger partial charge in [0.05, 0.1) is 0 Å². The molecule has 2 N–H and O–H groups in total. The molecule has 1 aliphatic heterocycles. The molecule has 0 unspecified atom stereocenters. The average molecular weight is 287 g/mol. The van der Waals surface area contributed by atoms with Crippen molar-refractivity contribution in [3.63, 3.8) is 0 Å². The third-order valence-electron chi connectivity index (χ3n) is 3.17. The van der Waals surface area contributed by atoms with Gasteiger partial charge in [0.15, 0.2) is 11.5 Å². The summed E-state index contributed by atoms with van der Waals surface area (Å²) in [4.78, 5) is 0. The number of nitrogen functional groups attached to an aromatic ring is 1. The van der Waals surface area contributed by atoms with E-state index >= 15 is 0 Å². The lowest BCUT2D eigenvalue weighted by Gasteiger charge is -2.11. The molecular weight excluding hydrogens is 270 g/mol. The number of fused-ring (bicyclic) bond motifs is 1. The van der Waals surface area contributed by atoms with Gasteiger partial charge in [0.1, 0.15) is 24.7 Å². The minimum atomic E-state index is 0.261. The van der Waals surface area contributed by atoms with Crippen molar-refractivity contribution in [2.24, 2.45) is 0 Å². The van der Waals surface area contributed by atoms with Gasteiger partial charge in [0.25, 0.3) is 0 Å². The maximum Gasteiger partial charge on any atom is 0.231 e. The number of ether oxygens (including phenoxy) is 4. The van der Waals surface area contributed by atoms with E-state index in [-0.39, 0.29) is 6.79 Å². The summed E-state index contributed by atoms with van der Waals surface area (Å²) < 4.78 is 21.8. The van der Waals surface area contributed by atoms with Gasteiger partial charge in [-0.05, 0) is 30.7 Å². The third kappa shape index (κ3) is 3.13. The van der Waals surface area contributed by atoms with Crippen LogP contribution in [0.25, 0.3) is 0 Å². The molecular formula is C16H17NO4. The quantitative estimate of drug-likeness (QED) is 0.676. The lowest BCUT2D eigenvalue weighted by Crippen LogP contribution is -2.09. The molecule has 0 atom stereocenters. The van der Waals surface area contributed by atoms with Crippen LogP contribution in [0, 0.1) is 6.92 Å². The molecule has 0 bridgehead atoms. The summed E-state index contributed by atoms with van der Waals surface area (Å²) in [6.45, 7) is 3.12. The van der Waals surface area contributed by atoms with Crippen LogP contribution >= 0.6 is 0 Å². The molecule has 1 aliphatic rings. The van der Waals surface area contributed by atoms with Gasteiger partial charge in [0, 0.05) is 17.8 Å². The summed E-state index contributed by atoms with van der Waals surface area (Å²) >= 11 is 0. The standard InChI is InChI=1S/C16H17NO4/c1-11-2-3-12(17)8-15(11)19-7-6-18-13-4-5-14-16(9-13)21-10-20-14/h2-5,8-9H,6-7,10,17H2,1H3. The number of rotatable bonds is 5. The van der Waals surface area contributed by atoms with E-state index in [1.54, 1.807) is 0 Å². The third-order valence-corrected chi connectivity index (χ3v) is 3.17. The summed E-state index contributed by atoms with van der Waals surface area (Å²) in [7, 11) is 0. The number of benzene rings is 2. The Bertz CT molecular complexity index is 642. The highest BCUT2D eigenvalue weighted by molar-refractivity contribution is 5.48. The molecule has 3 rings (SSSR count). The largest absolute Gasteiger partial charge is 0.490 e. The smallest absolute Gasteiger partial charge is 0.231 e. The molecule has 0 saturated carbocycles. The Kier molecular flexibility index (Phi) is 3.73. The van der Waals surface area contributed by atoms with Gasteiger partial charge >= 0.3 is 0 Å². The summed E-state index contributed by atoms with van der Waals surface area (Å²) in [5.41, 5.74) is 7.47. The summed E-state index contributed by atoms with van der Waals surface area (Å²) in [5, 5.41) is 0. The van der Waals surface area contributed by atoms with E-state index in [2.05, 4.69) is 0 Å². The number of anilines is 1. The number of aryl methyl sites for hydroxylation is 1. The number of nitrogens with two attached hydrogens (primary N) is 1. The summed E-state index contributed by atoms with van der Waals surface area (Å²) in [5.74, 6) is 2.96. The number of hydrogen-bond acceptors (Lipinski definition) is 5. The molecule has 2 aromatic carbocycles. The van der Waals surface area contributed by atoms with Crippen molar-refractivity contribution in [1.29, 1.82) is 0 Å². The van der Waals surface area contributed by atoms with Gasteiger partial charge in [-0.1, -0.05) is 6.07 Å². The van der Waals surface area contributed by atoms with E-state index in [1.807, 2.05) is 43.3 Å². The highest BCUT2D eigenvalue weighted by Crippen LogP contribution is 2.35. The van der Waals surface area contributed by atoms with Crippen molar-refractivity contribution in [2.75, 3.05) is 25.7 Å². The lowest BCUT2D eigenvalue weighted by atomic mass is 10.2. The average Bonchev–Trinajstić information content (AvgIpc) is 2.94. The van der Waals surface area contributed by atoms with Gasteiger partial charge in [-0.15, -0.1) is 0 Å². The molecule has 0 spiro atoms. The van der Waals surface area contributed by atoms with Crippen LogP contribution in [0.1, 0.15) is 5.56 Å². The SMILES string of the molecule is Cc1ccc(N)cc1OCCOc1ccc2c(c1)OCO2. The van der Waals surface area contributed by atoms with E-state index in [0.717, 1.165) is 22.8 Å². The Morgan fingerprint density at radius 3 is 2.71 bits per heavy atom. The fourth-order valence-corrected chi connectivity index (χ4v) is 2.05. The first-order chi connectivity index (χ1) is 10.2. The highest BCUT2D eigenvalue weighted by atomic mass is 16.7. The first kappa shape index (κ1) is 13.4. The molecule has 0 amide bonds. The maximum atomic E-state index is 5.74. The van der Waals surface area contributed by atoms with Crippen molar-refractivity contribution in [1.82, 2.24) is 0 Å². The second-order valence-corrected chi connectivity index (χ2v) is 4.74. The topological polar surface area (TPSA) is 62.9 Å². The van der Waals surface area contributed by atoms with Crippen molar-refractivity contribution in [3.05, 3.63) is 42.0 Å². The predicted molar refractivity (Wildman–Crippen MR) is 79.1 cm³/mol. The molecule has 21 heavy (non-hydrogen) atoms. The molecule has 0 aliphatic carbocycles. The molecule has 5 heteroatoms. The molecule has 1 heterocycles. The molecule has 0 saturated heterocycles. The molecule has 2 aromatic rings. The normalized spacial score (nSPS) is 12.2. The Hall–Kier alpha value is -2.56. The molecule has 110 valence electrons. The molecule has 0 radical (unpaired) electrons. The van der Waals surface area contributed by atoms with Crippen LogP contribution in [0.2, 0.25) is 0 Å². The van der Waals surface area contributed by atoms with Gasteiger partial charge < -0.3 is 24.7 Å². The monoisotopic (exact) mass is 287 g/mol. The first-order valence-corrected chi connectivity index (χ1v) is 6.74. The van der Waals surface area contributed by atoms with Crippen LogP contribution in [0.3, 0.4) is 0 Å². The van der Waals surface area contributed by atoms with Crippen LogP contribution in [0.5, 0.6) is 23.0 Å². The van der Waals surface area contributed by atoms with E-state index in [4.69, 9.17) is 24.7 Å². The number of hydrogen-bond donors (Lipinski definition) is 1. The Morgan fingerprint density at radius 2 is 1.81 bits per heavy atom. The molecule has 5 nitrogen and oxygen atoms in total.